The highest BCUT2D eigenvalue weighted by Gasteiger charge is 2.29. The minimum Gasteiger partial charge on any atom is -0.392 e. The molecule has 1 aromatic carbocycles. The molecule has 0 heterocycles. The van der Waals surface area contributed by atoms with Gasteiger partial charge in [0, 0.05) is 0 Å². The van der Waals surface area contributed by atoms with Crippen molar-refractivity contribution in [3.63, 3.8) is 0 Å². The van der Waals surface area contributed by atoms with E-state index in [-0.39, 0.29) is 6.61 Å². The van der Waals surface area contributed by atoms with Gasteiger partial charge < -0.3 is 5.11 Å². The average molecular weight is 283 g/mol. The van der Waals surface area contributed by atoms with E-state index >= 15 is 0 Å². The van der Waals surface area contributed by atoms with Crippen LogP contribution in [0.25, 0.3) is 0 Å². The molecule has 0 radical (unpaired) electrons. The van der Waals surface area contributed by atoms with Crippen molar-refractivity contribution in [3.05, 3.63) is 42.0 Å². The maximum atomic E-state index is 12.1. The van der Waals surface area contributed by atoms with Crippen molar-refractivity contribution in [2.24, 2.45) is 0 Å². The maximum absolute atomic E-state index is 12.1. The van der Waals surface area contributed by atoms with E-state index in [1.165, 1.54) is 0 Å². The molecule has 0 fully saturated rings. The zero-order valence-corrected chi connectivity index (χ0v) is 12.4. The van der Waals surface area contributed by atoms with Gasteiger partial charge in [0.2, 0.25) is 10.0 Å². The van der Waals surface area contributed by atoms with Gasteiger partial charge in [-0.2, -0.15) is 0 Å². The Kier molecular flexibility index (Phi) is 5.14. The zero-order valence-electron chi connectivity index (χ0n) is 11.6. The van der Waals surface area contributed by atoms with Gasteiger partial charge in [0.05, 0.1) is 17.0 Å². The molecule has 0 atom stereocenters. The number of hydrogen-bond donors (Lipinski definition) is 2. The highest BCUT2D eigenvalue weighted by molar-refractivity contribution is 7.94. The predicted octanol–water partition coefficient (Wildman–Crippen LogP) is 2.32. The van der Waals surface area contributed by atoms with Gasteiger partial charge in [0.15, 0.2) is 0 Å². The second kappa shape index (κ2) is 6.21. The Morgan fingerprint density at radius 3 is 2.42 bits per heavy atom. The van der Waals surface area contributed by atoms with E-state index in [2.05, 4.69) is 4.72 Å². The van der Waals surface area contributed by atoms with Crippen molar-refractivity contribution >= 4 is 15.7 Å². The van der Waals surface area contributed by atoms with Crippen LogP contribution >= 0.6 is 0 Å². The van der Waals surface area contributed by atoms with Gasteiger partial charge in [-0.3, -0.25) is 4.72 Å². The third-order valence-electron chi connectivity index (χ3n) is 2.68. The molecule has 1 aromatic rings. The van der Waals surface area contributed by atoms with Crippen LogP contribution in [-0.4, -0.2) is 24.9 Å². The van der Waals surface area contributed by atoms with Crippen LogP contribution < -0.4 is 4.72 Å². The van der Waals surface area contributed by atoms with Crippen LogP contribution in [0.5, 0.6) is 0 Å². The van der Waals surface area contributed by atoms with E-state index in [0.717, 1.165) is 5.56 Å². The highest BCUT2D eigenvalue weighted by atomic mass is 32.2. The molecule has 19 heavy (non-hydrogen) atoms. The summed E-state index contributed by atoms with van der Waals surface area (Å²) in [7, 11) is -3.43. The van der Waals surface area contributed by atoms with E-state index in [4.69, 9.17) is 5.11 Å². The third-order valence-corrected chi connectivity index (χ3v) is 4.78. The first-order valence-corrected chi connectivity index (χ1v) is 7.62. The van der Waals surface area contributed by atoms with Gasteiger partial charge in [-0.1, -0.05) is 30.4 Å². The van der Waals surface area contributed by atoms with Crippen LogP contribution in [0.3, 0.4) is 0 Å². The summed E-state index contributed by atoms with van der Waals surface area (Å²) >= 11 is 0. The number of sulfonamides is 1. The Balaban J connectivity index is 2.99. The summed E-state index contributed by atoms with van der Waals surface area (Å²) in [5.41, 5.74) is 1.46. The topological polar surface area (TPSA) is 66.4 Å². The molecule has 4 nitrogen and oxygen atoms in total. The fourth-order valence-electron chi connectivity index (χ4n) is 1.38. The molecular weight excluding hydrogens is 262 g/mol. The van der Waals surface area contributed by atoms with Crippen LogP contribution in [0, 0.1) is 0 Å². The third kappa shape index (κ3) is 4.36. The monoisotopic (exact) mass is 283 g/mol. The number of aliphatic hydroxyl groups is 1. The summed E-state index contributed by atoms with van der Waals surface area (Å²) in [6.07, 6.45) is 4.02. The fourth-order valence-corrected chi connectivity index (χ4v) is 2.18. The molecule has 0 aliphatic rings. The van der Waals surface area contributed by atoms with Crippen LogP contribution in [0.4, 0.5) is 5.69 Å². The molecule has 0 amide bonds. The molecular formula is C14H21NO3S. The minimum absolute atomic E-state index is 0.0180. The van der Waals surface area contributed by atoms with Crippen molar-refractivity contribution in [1.82, 2.24) is 0 Å². The van der Waals surface area contributed by atoms with Crippen molar-refractivity contribution in [2.45, 2.75) is 31.9 Å². The Morgan fingerprint density at radius 1 is 1.21 bits per heavy atom. The molecule has 0 spiro atoms. The average Bonchev–Trinajstić information content (AvgIpc) is 2.30. The number of nitrogens with one attached hydrogen (secondary N) is 1. The lowest BCUT2D eigenvalue weighted by Crippen LogP contribution is -2.33. The molecule has 1 rings (SSSR count). The van der Waals surface area contributed by atoms with Gasteiger partial charge in [-0.25, -0.2) is 8.42 Å². The molecule has 2 N–H and O–H groups in total. The Morgan fingerprint density at radius 2 is 1.84 bits per heavy atom. The fraction of sp³-hybridized carbons (Fsp3) is 0.429. The number of aliphatic hydroxyl groups excluding tert-OH is 1. The summed E-state index contributed by atoms with van der Waals surface area (Å²) in [6, 6.07) is 7.25. The van der Waals surface area contributed by atoms with Gasteiger partial charge in [-0.15, -0.1) is 0 Å². The summed E-state index contributed by atoms with van der Waals surface area (Å²) in [4.78, 5) is 0. The maximum Gasteiger partial charge on any atom is 0.237 e. The van der Waals surface area contributed by atoms with Gasteiger partial charge >= 0.3 is 0 Å². The van der Waals surface area contributed by atoms with Crippen molar-refractivity contribution in [2.75, 3.05) is 11.3 Å². The molecule has 0 saturated carbocycles. The number of rotatable bonds is 5. The molecule has 0 aromatic heterocycles. The molecule has 0 aliphatic heterocycles. The number of allylic oxidation sites excluding steroid dienone is 1. The van der Waals surface area contributed by atoms with E-state index in [9.17, 15) is 8.42 Å². The Labute approximate surface area is 115 Å². The van der Waals surface area contributed by atoms with E-state index in [0.29, 0.717) is 12.1 Å². The first-order valence-electron chi connectivity index (χ1n) is 6.14. The van der Waals surface area contributed by atoms with Gasteiger partial charge in [-0.05, 0) is 38.8 Å². The molecule has 0 aliphatic carbocycles. The molecule has 5 heteroatoms. The molecule has 0 bridgehead atoms. The minimum atomic E-state index is -3.43. The van der Waals surface area contributed by atoms with Crippen LogP contribution in [0.15, 0.2) is 36.4 Å². The molecule has 0 unspecified atom stereocenters. The lowest BCUT2D eigenvalue weighted by Gasteiger charge is -2.21. The first kappa shape index (κ1) is 15.7. The second-order valence-corrected chi connectivity index (χ2v) is 7.67. The summed E-state index contributed by atoms with van der Waals surface area (Å²) in [6.45, 7) is 4.95. The van der Waals surface area contributed by atoms with E-state index < -0.39 is 14.8 Å². The van der Waals surface area contributed by atoms with Crippen LogP contribution in [0.1, 0.15) is 26.3 Å². The summed E-state index contributed by atoms with van der Waals surface area (Å²) in [5, 5.41) is 8.71. The normalized spacial score (nSPS) is 12.8. The van der Waals surface area contributed by atoms with Gasteiger partial charge in [0.1, 0.15) is 0 Å². The van der Waals surface area contributed by atoms with E-state index in [1.54, 1.807) is 39.0 Å². The van der Waals surface area contributed by atoms with Crippen LogP contribution in [-0.2, 0) is 16.4 Å². The largest absolute Gasteiger partial charge is 0.392 e. The number of para-hydroxylation sites is 1. The predicted molar refractivity (Wildman–Crippen MR) is 78.7 cm³/mol. The summed E-state index contributed by atoms with van der Waals surface area (Å²) < 4.78 is 26.0. The molecule has 0 saturated heterocycles. The highest BCUT2D eigenvalue weighted by Crippen LogP contribution is 2.22. The van der Waals surface area contributed by atoms with Crippen molar-refractivity contribution < 1.29 is 13.5 Å². The first-order chi connectivity index (χ1) is 8.78. The summed E-state index contributed by atoms with van der Waals surface area (Å²) in [5.74, 6) is 0. The van der Waals surface area contributed by atoms with Gasteiger partial charge in [0.25, 0.3) is 0 Å². The quantitative estimate of drug-likeness (QED) is 0.815. The SMILES string of the molecule is CC(C)(C)S(=O)(=O)Nc1ccccc1C/C=C/CO. The Bertz CT molecular complexity index is 542. The Hall–Kier alpha value is -1.33. The lowest BCUT2D eigenvalue weighted by atomic mass is 10.1. The van der Waals surface area contributed by atoms with Crippen LogP contribution in [0.2, 0.25) is 0 Å². The number of benzene rings is 1. The van der Waals surface area contributed by atoms with E-state index in [1.807, 2.05) is 18.2 Å². The van der Waals surface area contributed by atoms with Crippen molar-refractivity contribution in [1.29, 1.82) is 0 Å². The molecule has 106 valence electrons. The smallest absolute Gasteiger partial charge is 0.237 e. The lowest BCUT2D eigenvalue weighted by molar-refractivity contribution is 0.342. The number of anilines is 1. The number of hydrogen-bond acceptors (Lipinski definition) is 3. The zero-order chi connectivity index (χ0) is 14.5. The standard InChI is InChI=1S/C14H21NO3S/c1-14(2,3)19(17,18)15-13-10-5-4-8-12(13)9-6-7-11-16/h4-8,10,15-16H,9,11H2,1-3H3/b7-6+. The second-order valence-electron chi connectivity index (χ2n) is 5.23. The van der Waals surface area contributed by atoms with Crippen molar-refractivity contribution in [3.8, 4) is 0 Å².